The first kappa shape index (κ1) is 27.4. The van der Waals surface area contributed by atoms with Crippen molar-refractivity contribution in [3.05, 3.63) is 84.0 Å². The molecule has 0 saturated heterocycles. The molecule has 6 nitrogen and oxygen atoms in total. The molecule has 0 fully saturated rings. The van der Waals surface area contributed by atoms with Gasteiger partial charge in [0, 0.05) is 18.3 Å². The number of ether oxygens (including phenoxy) is 2. The molecule has 0 radical (unpaired) electrons. The summed E-state index contributed by atoms with van der Waals surface area (Å²) in [7, 11) is 0. The van der Waals surface area contributed by atoms with Gasteiger partial charge in [-0.15, -0.1) is 0 Å². The van der Waals surface area contributed by atoms with Gasteiger partial charge in [0.25, 0.3) is 0 Å². The van der Waals surface area contributed by atoms with Gasteiger partial charge in [-0.3, -0.25) is 19.2 Å². The predicted molar refractivity (Wildman–Crippen MR) is 135 cm³/mol. The first-order chi connectivity index (χ1) is 16.4. The molecule has 0 aliphatic rings. The minimum Gasteiger partial charge on any atom is -0.493 e. The molecule has 2 aromatic carbocycles. The summed E-state index contributed by atoms with van der Waals surface area (Å²) in [4.78, 5) is 46.7. The molecule has 0 aliphatic carbocycles. The molecule has 0 heterocycles. The van der Waals surface area contributed by atoms with Crippen LogP contribution in [0.4, 0.5) is 0 Å². The molecule has 6 heteroatoms. The lowest BCUT2D eigenvalue weighted by atomic mass is 9.78. The highest BCUT2D eigenvalue weighted by molar-refractivity contribution is 6.43. The quantitative estimate of drug-likeness (QED) is 0.282. The number of allylic oxidation sites excluding steroid dienone is 2. The van der Waals surface area contributed by atoms with Gasteiger partial charge in [-0.2, -0.15) is 0 Å². The molecule has 0 aliphatic heterocycles. The number of carbonyl (C=O) groups excluding carboxylic acids is 4. The molecule has 184 valence electrons. The molecular formula is C29H32O6. The fourth-order valence-corrected chi connectivity index (χ4v) is 3.33. The molecule has 0 N–H and O–H groups in total. The fourth-order valence-electron chi connectivity index (χ4n) is 3.33. The van der Waals surface area contributed by atoms with Crippen molar-refractivity contribution < 1.29 is 28.7 Å². The van der Waals surface area contributed by atoms with E-state index in [1.54, 1.807) is 0 Å². The van der Waals surface area contributed by atoms with Gasteiger partial charge < -0.3 is 9.47 Å². The van der Waals surface area contributed by atoms with Crippen molar-refractivity contribution in [2.24, 2.45) is 0 Å². The van der Waals surface area contributed by atoms with E-state index in [0.717, 1.165) is 11.1 Å². The Balaban J connectivity index is 1.93. The molecule has 0 atom stereocenters. The smallest absolute Gasteiger partial charge is 0.223 e. The Morgan fingerprint density at radius 2 is 0.971 bits per heavy atom. The lowest BCUT2D eigenvalue weighted by Gasteiger charge is -2.26. The van der Waals surface area contributed by atoms with Gasteiger partial charge in [0.2, 0.25) is 23.1 Å². The molecule has 2 rings (SSSR count). The molecule has 0 amide bonds. The van der Waals surface area contributed by atoms with E-state index < -0.39 is 23.1 Å². The normalized spacial score (nSPS) is 10.9. The van der Waals surface area contributed by atoms with Crippen LogP contribution in [0.25, 0.3) is 0 Å². The van der Waals surface area contributed by atoms with Crippen molar-refractivity contribution in [3.63, 3.8) is 0 Å². The second-order valence-corrected chi connectivity index (χ2v) is 8.94. The van der Waals surface area contributed by atoms with Crippen LogP contribution in [0.1, 0.15) is 51.7 Å². The highest BCUT2D eigenvalue weighted by atomic mass is 16.5. The van der Waals surface area contributed by atoms with Crippen LogP contribution in [0.2, 0.25) is 0 Å². The van der Waals surface area contributed by atoms with Crippen LogP contribution >= 0.6 is 0 Å². The summed E-state index contributed by atoms with van der Waals surface area (Å²) in [5.41, 5.74) is 2.29. The maximum Gasteiger partial charge on any atom is 0.223 e. The van der Waals surface area contributed by atoms with Gasteiger partial charge in [-0.1, -0.05) is 51.3 Å². The van der Waals surface area contributed by atoms with Crippen LogP contribution in [-0.2, 0) is 24.6 Å². The molecule has 0 aromatic heterocycles. The van der Waals surface area contributed by atoms with Crippen LogP contribution in [0.5, 0.6) is 11.5 Å². The predicted octanol–water partition coefficient (Wildman–Crippen LogP) is 4.98. The number of hydrogen-bond donors (Lipinski definition) is 0. The van der Waals surface area contributed by atoms with Gasteiger partial charge in [-0.25, -0.2) is 0 Å². The number of Topliss-reactive ketones (excluding diaryl/α,β-unsaturated/α-hetero) is 4. The molecule has 0 bridgehead atoms. The topological polar surface area (TPSA) is 86.7 Å². The third kappa shape index (κ3) is 7.60. The van der Waals surface area contributed by atoms with Gasteiger partial charge in [-0.05, 0) is 60.4 Å². The van der Waals surface area contributed by atoms with E-state index >= 15 is 0 Å². The summed E-state index contributed by atoms with van der Waals surface area (Å²) >= 11 is 0. The average molecular weight is 477 g/mol. The fraction of sp³-hybridized carbons (Fsp3) is 0.310. The van der Waals surface area contributed by atoms with Crippen molar-refractivity contribution in [2.45, 2.75) is 46.0 Å². The lowest BCUT2D eigenvalue weighted by molar-refractivity contribution is -0.134. The van der Waals surface area contributed by atoms with E-state index in [4.69, 9.17) is 9.47 Å². The Hall–Kier alpha value is -3.80. The van der Waals surface area contributed by atoms with E-state index in [-0.39, 0.29) is 42.6 Å². The molecular weight excluding hydrogens is 444 g/mol. The number of hydrogen-bond acceptors (Lipinski definition) is 6. The van der Waals surface area contributed by atoms with Crippen LogP contribution in [0, 0.1) is 0 Å². The van der Waals surface area contributed by atoms with Crippen molar-refractivity contribution in [1.29, 1.82) is 0 Å². The summed E-state index contributed by atoms with van der Waals surface area (Å²) in [6.07, 6.45) is 0.0114. The largest absolute Gasteiger partial charge is 0.493 e. The summed E-state index contributed by atoms with van der Waals surface area (Å²) < 4.78 is 11.2. The summed E-state index contributed by atoms with van der Waals surface area (Å²) in [5.74, 6) is -0.904. The maximum atomic E-state index is 11.7. The maximum absolute atomic E-state index is 11.7. The van der Waals surface area contributed by atoms with Crippen LogP contribution in [-0.4, -0.2) is 36.3 Å². The zero-order chi connectivity index (χ0) is 26.2. The SMILES string of the molecule is C=C(C)C(=O)C(=O)CCOc1ccc(C(C)(C)c2ccc(OCCC(=O)C(=O)C(=C)C)cc2)cc1. The summed E-state index contributed by atoms with van der Waals surface area (Å²) in [6, 6.07) is 15.2. The van der Waals surface area contributed by atoms with E-state index in [1.165, 1.54) is 13.8 Å². The first-order valence-corrected chi connectivity index (χ1v) is 11.4. The Morgan fingerprint density at radius 1 is 0.657 bits per heavy atom. The van der Waals surface area contributed by atoms with Gasteiger partial charge in [0.05, 0.1) is 13.2 Å². The Kier molecular flexibility index (Phi) is 9.46. The molecule has 0 unspecified atom stereocenters. The number of benzene rings is 2. The molecule has 0 spiro atoms. The number of rotatable bonds is 14. The number of ketones is 4. The minimum absolute atomic E-state index is 0.00568. The molecule has 2 aromatic rings. The summed E-state index contributed by atoms with van der Waals surface area (Å²) in [6.45, 7) is 14.4. The van der Waals surface area contributed by atoms with Crippen LogP contribution in [0.15, 0.2) is 72.8 Å². The third-order valence-corrected chi connectivity index (χ3v) is 5.63. The van der Waals surface area contributed by atoms with Crippen molar-refractivity contribution in [2.75, 3.05) is 13.2 Å². The average Bonchev–Trinajstić information content (AvgIpc) is 2.83. The van der Waals surface area contributed by atoms with E-state index in [1.807, 2.05) is 48.5 Å². The van der Waals surface area contributed by atoms with Crippen molar-refractivity contribution >= 4 is 23.1 Å². The van der Waals surface area contributed by atoms with E-state index in [0.29, 0.717) is 11.5 Å². The molecule has 35 heavy (non-hydrogen) atoms. The van der Waals surface area contributed by atoms with E-state index in [9.17, 15) is 19.2 Å². The number of carbonyl (C=O) groups is 4. The zero-order valence-corrected chi connectivity index (χ0v) is 20.8. The van der Waals surface area contributed by atoms with Crippen molar-refractivity contribution in [3.8, 4) is 11.5 Å². The van der Waals surface area contributed by atoms with Crippen molar-refractivity contribution in [1.82, 2.24) is 0 Å². The summed E-state index contributed by atoms with van der Waals surface area (Å²) in [5, 5.41) is 0. The van der Waals surface area contributed by atoms with Crippen LogP contribution < -0.4 is 9.47 Å². The first-order valence-electron chi connectivity index (χ1n) is 11.4. The van der Waals surface area contributed by atoms with Crippen LogP contribution in [0.3, 0.4) is 0 Å². The standard InChI is InChI=1S/C29H32O6/c1-19(2)27(32)25(30)15-17-34-23-11-7-21(8-12-23)29(5,6)22-9-13-24(14-10-22)35-18-16-26(31)28(33)20(3)4/h7-14H,1,3,15-18H2,2,4-6H3. The zero-order valence-electron chi connectivity index (χ0n) is 20.8. The highest BCUT2D eigenvalue weighted by Gasteiger charge is 2.23. The lowest BCUT2D eigenvalue weighted by Crippen LogP contribution is -2.19. The van der Waals surface area contributed by atoms with Gasteiger partial charge >= 0.3 is 0 Å². The second-order valence-electron chi connectivity index (χ2n) is 8.94. The molecule has 0 saturated carbocycles. The Bertz CT molecular complexity index is 1030. The second kappa shape index (κ2) is 12.1. The van der Waals surface area contributed by atoms with Gasteiger partial charge in [0.15, 0.2) is 0 Å². The monoisotopic (exact) mass is 476 g/mol. The Labute approximate surface area is 206 Å². The minimum atomic E-state index is -0.562. The Morgan fingerprint density at radius 3 is 1.26 bits per heavy atom. The highest BCUT2D eigenvalue weighted by Crippen LogP contribution is 2.33. The van der Waals surface area contributed by atoms with E-state index in [2.05, 4.69) is 27.0 Å². The third-order valence-electron chi connectivity index (χ3n) is 5.63. The van der Waals surface area contributed by atoms with Gasteiger partial charge in [0.1, 0.15) is 11.5 Å².